The quantitative estimate of drug-likeness (QED) is 0.326. The molecule has 1 heterocycles. The first-order chi connectivity index (χ1) is 13.9. The number of benzene rings is 2. The van der Waals surface area contributed by atoms with Gasteiger partial charge in [-0.25, -0.2) is 4.98 Å². The molecule has 3 heteroatoms. The smallest absolute Gasteiger partial charge is 0.148 e. The maximum atomic E-state index is 4.77. The highest BCUT2D eigenvalue weighted by Crippen LogP contribution is 2.41. The molecule has 0 unspecified atom stereocenters. The topological polar surface area (TPSA) is 17.8 Å². The molecule has 0 fully saturated rings. The predicted octanol–water partition coefficient (Wildman–Crippen LogP) is 7.24. The normalized spacial score (nSPS) is 11.8. The Morgan fingerprint density at radius 2 is 1.21 bits per heavy atom. The lowest BCUT2D eigenvalue weighted by atomic mass is 10.0. The largest absolute Gasteiger partial charge is 0.257 e. The van der Waals surface area contributed by atoms with Gasteiger partial charge in [-0.2, -0.15) is 0 Å². The van der Waals surface area contributed by atoms with E-state index < -0.39 is 8.07 Å². The summed E-state index contributed by atoms with van der Waals surface area (Å²) in [4.78, 5) is 4.77. The van der Waals surface area contributed by atoms with Crippen LogP contribution in [0.25, 0.3) is 22.5 Å². The zero-order valence-electron chi connectivity index (χ0n) is 18.5. The van der Waals surface area contributed by atoms with Gasteiger partial charge in [0.25, 0.3) is 0 Å². The van der Waals surface area contributed by atoms with Gasteiger partial charge >= 0.3 is 0 Å². The molecule has 3 aromatic rings. The molecule has 1 aromatic heterocycles. The zero-order valence-corrected chi connectivity index (χ0v) is 19.5. The molecule has 29 heavy (non-hydrogen) atoms. The molecule has 0 N–H and O–H groups in total. The molecule has 150 valence electrons. The molecule has 3 rings (SSSR count). The first-order valence-electron chi connectivity index (χ1n) is 10.6. The van der Waals surface area contributed by atoms with Gasteiger partial charge < -0.3 is 0 Å². The molecule has 0 saturated heterocycles. The lowest BCUT2D eigenvalue weighted by Crippen LogP contribution is -2.43. The Kier molecular flexibility index (Phi) is 6.45. The summed E-state index contributed by atoms with van der Waals surface area (Å²) < 4.78 is 2.05. The SMILES string of the molecule is CC(C)[Si](C#Cn1cnc(-c2ccccc2)c1-c1ccccc1)(C(C)C)C(C)C. The molecule has 0 saturated carbocycles. The van der Waals surface area contributed by atoms with Crippen LogP contribution in [-0.2, 0) is 0 Å². The molecular weight excluding hydrogens is 368 g/mol. The second kappa shape index (κ2) is 8.84. The maximum absolute atomic E-state index is 4.77. The molecule has 0 atom stereocenters. The summed E-state index contributed by atoms with van der Waals surface area (Å²) in [6.45, 7) is 14.1. The highest BCUT2D eigenvalue weighted by Gasteiger charge is 2.41. The van der Waals surface area contributed by atoms with Crippen molar-refractivity contribution in [3.05, 3.63) is 67.0 Å². The predicted molar refractivity (Wildman–Crippen MR) is 127 cm³/mol. The van der Waals surface area contributed by atoms with Crippen molar-refractivity contribution < 1.29 is 0 Å². The summed E-state index contributed by atoms with van der Waals surface area (Å²) in [6.07, 6.45) is 1.89. The minimum atomic E-state index is -1.81. The second-order valence-electron chi connectivity index (χ2n) is 8.68. The van der Waals surface area contributed by atoms with Crippen LogP contribution in [0.5, 0.6) is 0 Å². The van der Waals surface area contributed by atoms with Gasteiger partial charge in [0.1, 0.15) is 14.4 Å². The summed E-state index contributed by atoms with van der Waals surface area (Å²) in [5.74, 6) is 0. The third-order valence-corrected chi connectivity index (χ3v) is 12.4. The van der Waals surface area contributed by atoms with E-state index in [1.54, 1.807) is 0 Å². The summed E-state index contributed by atoms with van der Waals surface area (Å²) in [5, 5.41) is 0. The molecule has 0 aliphatic heterocycles. The van der Waals surface area contributed by atoms with E-state index in [-0.39, 0.29) is 0 Å². The Labute approximate surface area is 177 Å². The minimum Gasteiger partial charge on any atom is -0.257 e. The van der Waals surface area contributed by atoms with Gasteiger partial charge in [-0.3, -0.25) is 4.57 Å². The van der Waals surface area contributed by atoms with Crippen LogP contribution in [0.2, 0.25) is 16.6 Å². The van der Waals surface area contributed by atoms with E-state index in [4.69, 9.17) is 4.98 Å². The Balaban J connectivity index is 2.20. The Hall–Kier alpha value is -2.57. The third-order valence-electron chi connectivity index (χ3n) is 6.12. The van der Waals surface area contributed by atoms with Crippen molar-refractivity contribution in [1.29, 1.82) is 0 Å². The monoisotopic (exact) mass is 400 g/mol. The third kappa shape index (κ3) is 4.09. The van der Waals surface area contributed by atoms with Gasteiger partial charge in [0.05, 0.1) is 11.4 Å². The van der Waals surface area contributed by atoms with Crippen molar-refractivity contribution in [2.24, 2.45) is 0 Å². The summed E-state index contributed by atoms with van der Waals surface area (Å²) in [5.41, 5.74) is 9.96. The number of imidazole rings is 1. The van der Waals surface area contributed by atoms with E-state index in [9.17, 15) is 0 Å². The lowest BCUT2D eigenvalue weighted by molar-refractivity contribution is 0.838. The Bertz CT molecular complexity index is 968. The number of hydrogen-bond donors (Lipinski definition) is 0. The van der Waals surface area contributed by atoms with Crippen molar-refractivity contribution in [3.63, 3.8) is 0 Å². The molecule has 0 aliphatic carbocycles. The fraction of sp³-hybridized carbons (Fsp3) is 0.346. The average Bonchev–Trinajstić information content (AvgIpc) is 3.13. The van der Waals surface area contributed by atoms with Gasteiger partial charge in [-0.15, -0.1) is 5.54 Å². The summed E-state index contributed by atoms with van der Waals surface area (Å²) in [7, 11) is -1.81. The van der Waals surface area contributed by atoms with E-state index in [1.165, 1.54) is 0 Å². The molecule has 0 amide bonds. The van der Waals surface area contributed by atoms with Crippen LogP contribution in [0.15, 0.2) is 67.0 Å². The van der Waals surface area contributed by atoms with Crippen LogP contribution in [0, 0.1) is 11.6 Å². The van der Waals surface area contributed by atoms with Gasteiger partial charge in [0.15, 0.2) is 0 Å². The van der Waals surface area contributed by atoms with Gasteiger partial charge in [-0.05, 0) is 16.6 Å². The van der Waals surface area contributed by atoms with E-state index in [2.05, 4.69) is 102 Å². The molecule has 0 spiro atoms. The maximum Gasteiger partial charge on any atom is 0.148 e. The molecule has 2 aromatic carbocycles. The van der Waals surface area contributed by atoms with Crippen LogP contribution >= 0.6 is 0 Å². The van der Waals surface area contributed by atoms with Gasteiger partial charge in [0, 0.05) is 17.2 Å². The highest BCUT2D eigenvalue weighted by molar-refractivity contribution is 6.90. The van der Waals surface area contributed by atoms with E-state index in [0.29, 0.717) is 16.6 Å². The second-order valence-corrected chi connectivity index (χ2v) is 14.3. The lowest BCUT2D eigenvalue weighted by Gasteiger charge is -2.37. The zero-order chi connectivity index (χ0) is 21.0. The number of hydrogen-bond acceptors (Lipinski definition) is 1. The van der Waals surface area contributed by atoms with E-state index in [0.717, 1.165) is 22.5 Å². The average molecular weight is 401 g/mol. The van der Waals surface area contributed by atoms with Crippen molar-refractivity contribution in [2.75, 3.05) is 0 Å². The van der Waals surface area contributed by atoms with Crippen LogP contribution < -0.4 is 0 Å². The first-order valence-corrected chi connectivity index (χ1v) is 12.8. The summed E-state index contributed by atoms with van der Waals surface area (Å²) >= 11 is 0. The fourth-order valence-corrected chi connectivity index (χ4v) is 9.88. The van der Waals surface area contributed by atoms with Crippen LogP contribution in [-0.4, -0.2) is 17.6 Å². The van der Waals surface area contributed by atoms with E-state index >= 15 is 0 Å². The fourth-order valence-electron chi connectivity index (χ4n) is 4.70. The molecule has 0 radical (unpaired) electrons. The van der Waals surface area contributed by atoms with E-state index in [1.807, 2.05) is 23.0 Å². The number of nitrogens with zero attached hydrogens (tertiary/aromatic N) is 2. The van der Waals surface area contributed by atoms with Crippen molar-refractivity contribution in [1.82, 2.24) is 9.55 Å². The Morgan fingerprint density at radius 3 is 1.69 bits per heavy atom. The number of aromatic nitrogens is 2. The van der Waals surface area contributed by atoms with Crippen molar-refractivity contribution in [2.45, 2.75) is 58.2 Å². The first kappa shape index (κ1) is 21.1. The summed E-state index contributed by atoms with van der Waals surface area (Å²) in [6, 6.07) is 24.4. The van der Waals surface area contributed by atoms with Crippen LogP contribution in [0.4, 0.5) is 0 Å². The molecule has 0 aliphatic rings. The highest BCUT2D eigenvalue weighted by atomic mass is 28.3. The van der Waals surface area contributed by atoms with Crippen LogP contribution in [0.1, 0.15) is 41.5 Å². The van der Waals surface area contributed by atoms with Gasteiger partial charge in [-0.1, -0.05) is 102 Å². The molecule has 2 nitrogen and oxygen atoms in total. The minimum absolute atomic E-state index is 0.604. The van der Waals surface area contributed by atoms with Crippen molar-refractivity contribution in [3.8, 4) is 34.1 Å². The van der Waals surface area contributed by atoms with Crippen LogP contribution in [0.3, 0.4) is 0 Å². The number of rotatable bonds is 5. The Morgan fingerprint density at radius 1 is 0.724 bits per heavy atom. The van der Waals surface area contributed by atoms with Gasteiger partial charge in [0.2, 0.25) is 0 Å². The molecule has 0 bridgehead atoms. The molecular formula is C26H32N2Si. The standard InChI is InChI=1S/C26H32N2Si/c1-20(2)29(21(3)4,22(5)6)18-17-28-19-27-25(23-13-9-7-10-14-23)26(28)24-15-11-8-12-16-24/h7-16,19-22H,1-6H3. The van der Waals surface area contributed by atoms with Crippen molar-refractivity contribution >= 4 is 8.07 Å².